The number of hydrogen-bond acceptors (Lipinski definition) is 3. The fourth-order valence-corrected chi connectivity index (χ4v) is 2.97. The van der Waals surface area contributed by atoms with Crippen molar-refractivity contribution in [3.63, 3.8) is 0 Å². The van der Waals surface area contributed by atoms with Gasteiger partial charge in [0, 0.05) is 24.9 Å². The molecule has 19 heavy (non-hydrogen) atoms. The van der Waals surface area contributed by atoms with Gasteiger partial charge in [0.1, 0.15) is 0 Å². The summed E-state index contributed by atoms with van der Waals surface area (Å²) in [4.78, 5) is 0. The molecule has 6 heteroatoms. The summed E-state index contributed by atoms with van der Waals surface area (Å²) in [5, 5.41) is 6.61. The Kier molecular flexibility index (Phi) is 4.34. The van der Waals surface area contributed by atoms with Crippen LogP contribution in [0.5, 0.6) is 0 Å². The summed E-state index contributed by atoms with van der Waals surface area (Å²) in [5.74, 6) is 0.0116. The molecule has 0 bridgehead atoms. The maximum Gasteiger partial charge on any atom is 0.215 e. The molecular formula is C13H17N3O2S. The van der Waals surface area contributed by atoms with E-state index < -0.39 is 10.0 Å². The largest absolute Gasteiger partial charge is 0.283 e. The highest BCUT2D eigenvalue weighted by Gasteiger charge is 2.11. The Morgan fingerprint density at radius 3 is 2.84 bits per heavy atom. The van der Waals surface area contributed by atoms with E-state index in [1.807, 2.05) is 37.3 Å². The van der Waals surface area contributed by atoms with Crippen LogP contribution < -0.4 is 4.72 Å². The minimum atomic E-state index is -3.29. The Balaban J connectivity index is 1.88. The van der Waals surface area contributed by atoms with Crippen molar-refractivity contribution in [1.29, 1.82) is 0 Å². The zero-order valence-electron chi connectivity index (χ0n) is 10.8. The van der Waals surface area contributed by atoms with Crippen molar-refractivity contribution in [2.75, 3.05) is 6.54 Å². The van der Waals surface area contributed by atoms with E-state index in [9.17, 15) is 8.42 Å². The molecule has 0 aliphatic heterocycles. The summed E-state index contributed by atoms with van der Waals surface area (Å²) in [6, 6.07) is 9.34. The molecule has 0 aliphatic carbocycles. The minimum absolute atomic E-state index is 0.0116. The van der Waals surface area contributed by atoms with Crippen molar-refractivity contribution in [3.05, 3.63) is 53.3 Å². The smallest absolute Gasteiger partial charge is 0.215 e. The zero-order chi connectivity index (χ0) is 13.7. The lowest BCUT2D eigenvalue weighted by molar-refractivity contribution is 0.580. The summed E-state index contributed by atoms with van der Waals surface area (Å²) < 4.78 is 26.4. The van der Waals surface area contributed by atoms with Gasteiger partial charge in [0.2, 0.25) is 10.0 Å². The van der Waals surface area contributed by atoms with Crippen molar-refractivity contribution >= 4 is 10.0 Å². The SMILES string of the molecule is Cc1cccc(CS(=O)(=O)NCCc2ccn[nH]2)c1. The molecule has 0 amide bonds. The molecule has 0 atom stereocenters. The summed E-state index contributed by atoms with van der Waals surface area (Å²) in [7, 11) is -3.29. The molecule has 1 aromatic carbocycles. The number of aromatic amines is 1. The predicted octanol–water partition coefficient (Wildman–Crippen LogP) is 1.38. The van der Waals surface area contributed by atoms with E-state index in [1.54, 1.807) is 6.20 Å². The normalized spacial score (nSPS) is 11.6. The molecule has 0 aliphatic rings. The highest BCUT2D eigenvalue weighted by atomic mass is 32.2. The predicted molar refractivity (Wildman–Crippen MR) is 74.1 cm³/mol. The van der Waals surface area contributed by atoms with Crippen LogP contribution in [0.4, 0.5) is 0 Å². The molecule has 0 saturated carbocycles. The van der Waals surface area contributed by atoms with Gasteiger partial charge in [-0.25, -0.2) is 13.1 Å². The van der Waals surface area contributed by atoms with Gasteiger partial charge < -0.3 is 0 Å². The molecule has 0 spiro atoms. The fraction of sp³-hybridized carbons (Fsp3) is 0.308. The van der Waals surface area contributed by atoms with Gasteiger partial charge in [-0.3, -0.25) is 5.10 Å². The zero-order valence-corrected chi connectivity index (χ0v) is 11.6. The van der Waals surface area contributed by atoms with E-state index in [-0.39, 0.29) is 5.75 Å². The van der Waals surface area contributed by atoms with Gasteiger partial charge in [-0.1, -0.05) is 29.8 Å². The van der Waals surface area contributed by atoms with Crippen LogP contribution in [-0.4, -0.2) is 25.2 Å². The second kappa shape index (κ2) is 5.99. The molecular weight excluding hydrogens is 262 g/mol. The monoisotopic (exact) mass is 279 g/mol. The Morgan fingerprint density at radius 2 is 2.16 bits per heavy atom. The van der Waals surface area contributed by atoms with Crippen LogP contribution >= 0.6 is 0 Å². The maximum absolute atomic E-state index is 11.9. The number of nitrogens with one attached hydrogen (secondary N) is 2. The van der Waals surface area contributed by atoms with Crippen LogP contribution in [-0.2, 0) is 22.2 Å². The molecule has 102 valence electrons. The summed E-state index contributed by atoms with van der Waals surface area (Å²) >= 11 is 0. The van der Waals surface area contributed by atoms with E-state index in [4.69, 9.17) is 0 Å². The third-order valence-electron chi connectivity index (χ3n) is 2.71. The average Bonchev–Trinajstić information content (AvgIpc) is 2.81. The van der Waals surface area contributed by atoms with Gasteiger partial charge >= 0.3 is 0 Å². The van der Waals surface area contributed by atoms with Crippen LogP contribution in [0, 0.1) is 6.92 Å². The van der Waals surface area contributed by atoms with Crippen LogP contribution in [0.25, 0.3) is 0 Å². The molecule has 0 saturated heterocycles. The van der Waals surface area contributed by atoms with Crippen molar-refractivity contribution in [2.24, 2.45) is 0 Å². The first kappa shape index (κ1) is 13.8. The molecule has 5 nitrogen and oxygen atoms in total. The Labute approximate surface area is 113 Å². The van der Waals surface area contributed by atoms with Gasteiger partial charge in [0.25, 0.3) is 0 Å². The number of H-pyrrole nitrogens is 1. The Morgan fingerprint density at radius 1 is 1.32 bits per heavy atom. The minimum Gasteiger partial charge on any atom is -0.283 e. The third kappa shape index (κ3) is 4.50. The van der Waals surface area contributed by atoms with Gasteiger partial charge in [-0.2, -0.15) is 5.10 Å². The summed E-state index contributed by atoms with van der Waals surface area (Å²) in [6.45, 7) is 2.32. The highest BCUT2D eigenvalue weighted by molar-refractivity contribution is 7.88. The van der Waals surface area contributed by atoms with Crippen LogP contribution in [0.1, 0.15) is 16.8 Å². The number of aromatic nitrogens is 2. The van der Waals surface area contributed by atoms with Gasteiger partial charge in [-0.15, -0.1) is 0 Å². The quantitative estimate of drug-likeness (QED) is 0.839. The first-order chi connectivity index (χ1) is 9.05. The molecule has 2 rings (SSSR count). The second-order valence-electron chi connectivity index (χ2n) is 4.47. The summed E-state index contributed by atoms with van der Waals surface area (Å²) in [5.41, 5.74) is 2.78. The third-order valence-corrected chi connectivity index (χ3v) is 4.07. The average molecular weight is 279 g/mol. The number of rotatable bonds is 6. The summed E-state index contributed by atoms with van der Waals surface area (Å²) in [6.07, 6.45) is 2.25. The van der Waals surface area contributed by atoms with Crippen LogP contribution in [0.15, 0.2) is 36.5 Å². The molecule has 2 aromatic rings. The molecule has 1 heterocycles. The van der Waals surface area contributed by atoms with Gasteiger partial charge in [-0.05, 0) is 18.6 Å². The van der Waals surface area contributed by atoms with Gasteiger partial charge in [0.05, 0.1) is 5.75 Å². The molecule has 0 radical (unpaired) electrons. The number of aryl methyl sites for hydroxylation is 1. The van der Waals surface area contributed by atoms with Crippen molar-refractivity contribution in [3.8, 4) is 0 Å². The Hall–Kier alpha value is -1.66. The lowest BCUT2D eigenvalue weighted by Gasteiger charge is -2.06. The van der Waals surface area contributed by atoms with E-state index in [2.05, 4.69) is 14.9 Å². The van der Waals surface area contributed by atoms with Crippen LogP contribution in [0.3, 0.4) is 0 Å². The lowest BCUT2D eigenvalue weighted by atomic mass is 10.2. The first-order valence-corrected chi connectivity index (χ1v) is 7.71. The van der Waals surface area contributed by atoms with E-state index in [0.29, 0.717) is 13.0 Å². The first-order valence-electron chi connectivity index (χ1n) is 6.06. The number of hydrogen-bond donors (Lipinski definition) is 2. The second-order valence-corrected chi connectivity index (χ2v) is 6.28. The maximum atomic E-state index is 11.9. The molecule has 0 fully saturated rings. The van der Waals surface area contributed by atoms with Crippen molar-refractivity contribution in [1.82, 2.24) is 14.9 Å². The highest BCUT2D eigenvalue weighted by Crippen LogP contribution is 2.07. The number of sulfonamides is 1. The topological polar surface area (TPSA) is 74.8 Å². The van der Waals surface area contributed by atoms with Gasteiger partial charge in [0.15, 0.2) is 0 Å². The van der Waals surface area contributed by atoms with Crippen molar-refractivity contribution < 1.29 is 8.42 Å². The molecule has 2 N–H and O–H groups in total. The number of benzene rings is 1. The lowest BCUT2D eigenvalue weighted by Crippen LogP contribution is -2.27. The van der Waals surface area contributed by atoms with E-state index >= 15 is 0 Å². The van der Waals surface area contributed by atoms with Crippen LogP contribution in [0.2, 0.25) is 0 Å². The molecule has 1 aromatic heterocycles. The van der Waals surface area contributed by atoms with Crippen molar-refractivity contribution in [2.45, 2.75) is 19.1 Å². The Bertz CT molecular complexity index is 621. The molecule has 0 unspecified atom stereocenters. The van der Waals surface area contributed by atoms with E-state index in [1.165, 1.54) is 0 Å². The fourth-order valence-electron chi connectivity index (χ4n) is 1.84. The van der Waals surface area contributed by atoms with E-state index in [0.717, 1.165) is 16.8 Å². The number of nitrogens with zero attached hydrogens (tertiary/aromatic N) is 1. The standard InChI is InChI=1S/C13H17N3O2S/c1-11-3-2-4-12(9-11)10-19(17,18)15-8-6-13-5-7-14-16-13/h2-5,7,9,15H,6,8,10H2,1H3,(H,14,16).